The van der Waals surface area contributed by atoms with Crippen LogP contribution < -0.4 is 10.1 Å². The van der Waals surface area contributed by atoms with E-state index in [2.05, 4.69) is 10.1 Å². The van der Waals surface area contributed by atoms with E-state index in [0.717, 1.165) is 0 Å². The number of aliphatic carboxylic acids is 1. The minimum absolute atomic E-state index is 0.0620. The van der Waals surface area contributed by atoms with E-state index in [4.69, 9.17) is 5.11 Å². The smallest absolute Gasteiger partial charge is 0.323 e. The van der Waals surface area contributed by atoms with Gasteiger partial charge >= 0.3 is 5.97 Å². The number of carboxylic acids is 1. The molecule has 0 aliphatic rings. The van der Waals surface area contributed by atoms with Gasteiger partial charge in [0.1, 0.15) is 5.54 Å². The second-order valence-electron chi connectivity index (χ2n) is 4.28. The summed E-state index contributed by atoms with van der Waals surface area (Å²) in [5, 5.41) is 11.4. The van der Waals surface area contributed by atoms with Gasteiger partial charge in [-0.2, -0.15) is 8.78 Å². The number of halogens is 4. The number of hydrogen-bond acceptors (Lipinski definition) is 3. The highest BCUT2D eigenvalue weighted by Crippen LogP contribution is 2.26. The molecular weight excluding hydrogens is 282 g/mol. The third-order valence-corrected chi connectivity index (χ3v) is 2.94. The van der Waals surface area contributed by atoms with Crippen LogP contribution >= 0.6 is 0 Å². The van der Waals surface area contributed by atoms with Crippen molar-refractivity contribution < 1.29 is 32.2 Å². The molecular formula is C12H13F4NO3. The number of rotatable bonds is 6. The van der Waals surface area contributed by atoms with Gasteiger partial charge in [0.25, 0.3) is 0 Å². The molecule has 8 heteroatoms. The lowest BCUT2D eigenvalue weighted by Crippen LogP contribution is -2.48. The lowest BCUT2D eigenvalue weighted by molar-refractivity contribution is -0.144. The summed E-state index contributed by atoms with van der Waals surface area (Å²) < 4.78 is 57.0. The number of hydrogen-bond donors (Lipinski definition) is 2. The molecule has 0 bridgehead atoms. The summed E-state index contributed by atoms with van der Waals surface area (Å²) in [7, 11) is 1.39. The van der Waals surface area contributed by atoms with Crippen LogP contribution in [0.1, 0.15) is 13.3 Å². The number of benzene rings is 1. The molecule has 2 N–H and O–H groups in total. The Morgan fingerprint density at radius 1 is 1.30 bits per heavy atom. The zero-order valence-electron chi connectivity index (χ0n) is 10.8. The Balaban J connectivity index is 2.84. The first-order valence-corrected chi connectivity index (χ1v) is 5.61. The van der Waals surface area contributed by atoms with Gasteiger partial charge in [0, 0.05) is 12.5 Å². The van der Waals surface area contributed by atoms with Gasteiger partial charge in [0.15, 0.2) is 17.4 Å². The van der Waals surface area contributed by atoms with Gasteiger partial charge in [-0.15, -0.1) is 0 Å². The zero-order chi connectivity index (χ0) is 15.5. The van der Waals surface area contributed by atoms with Gasteiger partial charge in [-0.25, -0.2) is 8.78 Å². The average Bonchev–Trinajstić information content (AvgIpc) is 2.40. The molecule has 20 heavy (non-hydrogen) atoms. The first kappa shape index (κ1) is 16.2. The highest BCUT2D eigenvalue weighted by Gasteiger charge is 2.31. The SMILES string of the molecule is CNC(C)(CCOc1c(F)c(F)cc(F)c1F)C(=O)O. The van der Waals surface area contributed by atoms with Crippen LogP contribution in [0.4, 0.5) is 17.6 Å². The Morgan fingerprint density at radius 3 is 2.20 bits per heavy atom. The molecule has 1 aromatic carbocycles. The maximum atomic E-state index is 13.3. The molecule has 1 rings (SSSR count). The Hall–Kier alpha value is -1.83. The molecule has 0 heterocycles. The van der Waals surface area contributed by atoms with Gasteiger partial charge in [-0.05, 0) is 14.0 Å². The quantitative estimate of drug-likeness (QED) is 0.623. The maximum Gasteiger partial charge on any atom is 0.323 e. The van der Waals surface area contributed by atoms with Crippen LogP contribution in [-0.2, 0) is 4.79 Å². The van der Waals surface area contributed by atoms with Crippen LogP contribution in [0, 0.1) is 23.3 Å². The van der Waals surface area contributed by atoms with Crippen molar-refractivity contribution in [3.8, 4) is 5.75 Å². The molecule has 1 aromatic rings. The molecule has 0 fully saturated rings. The van der Waals surface area contributed by atoms with Crippen LogP contribution in [0.15, 0.2) is 6.07 Å². The summed E-state index contributed by atoms with van der Waals surface area (Å²) in [6.45, 7) is 0.887. The molecule has 1 atom stereocenters. The van der Waals surface area contributed by atoms with Crippen molar-refractivity contribution in [2.75, 3.05) is 13.7 Å². The maximum absolute atomic E-state index is 13.3. The van der Waals surface area contributed by atoms with Crippen LogP contribution in [-0.4, -0.2) is 30.3 Å². The number of carbonyl (C=O) groups is 1. The normalized spacial score (nSPS) is 13.9. The predicted octanol–water partition coefficient (Wildman–Crippen LogP) is 2.07. The first-order valence-electron chi connectivity index (χ1n) is 5.61. The summed E-state index contributed by atoms with van der Waals surface area (Å²) in [6, 6.07) is 0.0620. The van der Waals surface area contributed by atoms with Gasteiger partial charge in [-0.3, -0.25) is 4.79 Å². The van der Waals surface area contributed by atoms with Gasteiger partial charge in [-0.1, -0.05) is 0 Å². The summed E-state index contributed by atoms with van der Waals surface area (Å²) in [5.41, 5.74) is -1.39. The summed E-state index contributed by atoms with van der Waals surface area (Å²) in [6.07, 6.45) is -0.171. The molecule has 1 unspecified atom stereocenters. The van der Waals surface area contributed by atoms with E-state index in [-0.39, 0.29) is 12.5 Å². The fourth-order valence-corrected chi connectivity index (χ4v) is 1.37. The summed E-state index contributed by atoms with van der Waals surface area (Å²) in [4.78, 5) is 11.0. The van der Waals surface area contributed by atoms with Crippen LogP contribution in [0.2, 0.25) is 0 Å². The van der Waals surface area contributed by atoms with E-state index in [0.29, 0.717) is 0 Å². The molecule has 4 nitrogen and oxygen atoms in total. The molecule has 0 spiro atoms. The van der Waals surface area contributed by atoms with Crippen LogP contribution in [0.3, 0.4) is 0 Å². The minimum atomic E-state index is -1.66. The fourth-order valence-electron chi connectivity index (χ4n) is 1.37. The van der Waals surface area contributed by atoms with Gasteiger partial charge in [0.2, 0.25) is 11.6 Å². The van der Waals surface area contributed by atoms with Crippen molar-refractivity contribution in [3.63, 3.8) is 0 Å². The molecule has 0 aliphatic carbocycles. The third kappa shape index (κ3) is 3.19. The van der Waals surface area contributed by atoms with Crippen LogP contribution in [0.5, 0.6) is 5.75 Å². The van der Waals surface area contributed by atoms with E-state index >= 15 is 0 Å². The first-order chi connectivity index (χ1) is 9.23. The van der Waals surface area contributed by atoms with E-state index in [1.165, 1.54) is 14.0 Å². The molecule has 0 radical (unpaired) electrons. The standard InChI is InChI=1S/C12H13F4NO3/c1-12(17-2,11(18)19)3-4-20-10-8(15)6(13)5-7(14)9(10)16/h5,17H,3-4H2,1-2H3,(H,18,19). The molecule has 112 valence electrons. The zero-order valence-corrected chi connectivity index (χ0v) is 10.8. The fraction of sp³-hybridized carbons (Fsp3) is 0.417. The van der Waals surface area contributed by atoms with Crippen molar-refractivity contribution in [2.24, 2.45) is 0 Å². The highest BCUT2D eigenvalue weighted by molar-refractivity contribution is 5.78. The average molecular weight is 295 g/mol. The highest BCUT2D eigenvalue weighted by atomic mass is 19.2. The minimum Gasteiger partial charge on any atom is -0.487 e. The Labute approximate surface area is 112 Å². The van der Waals surface area contributed by atoms with E-state index in [9.17, 15) is 22.4 Å². The topological polar surface area (TPSA) is 58.6 Å². The van der Waals surface area contributed by atoms with Gasteiger partial charge < -0.3 is 15.2 Å². The van der Waals surface area contributed by atoms with Crippen molar-refractivity contribution in [3.05, 3.63) is 29.3 Å². The number of carboxylic acid groups (broad SMARTS) is 1. The van der Waals surface area contributed by atoms with Crippen molar-refractivity contribution in [2.45, 2.75) is 18.9 Å². The van der Waals surface area contributed by atoms with E-state index in [1.807, 2.05) is 0 Å². The monoisotopic (exact) mass is 295 g/mol. The molecule has 0 saturated carbocycles. The Kier molecular flexibility index (Phi) is 4.93. The number of nitrogens with one attached hydrogen (secondary N) is 1. The molecule has 0 saturated heterocycles. The predicted molar refractivity (Wildman–Crippen MR) is 61.5 cm³/mol. The van der Waals surface area contributed by atoms with Crippen LogP contribution in [0.25, 0.3) is 0 Å². The second kappa shape index (κ2) is 6.08. The van der Waals surface area contributed by atoms with Crippen molar-refractivity contribution in [1.29, 1.82) is 0 Å². The lowest BCUT2D eigenvalue weighted by Gasteiger charge is -2.24. The second-order valence-corrected chi connectivity index (χ2v) is 4.28. The summed E-state index contributed by atoms with van der Waals surface area (Å²) in [5.74, 6) is -8.90. The molecule has 0 aliphatic heterocycles. The lowest BCUT2D eigenvalue weighted by atomic mass is 9.99. The Morgan fingerprint density at radius 2 is 1.80 bits per heavy atom. The van der Waals surface area contributed by atoms with Crippen molar-refractivity contribution >= 4 is 5.97 Å². The van der Waals surface area contributed by atoms with Gasteiger partial charge in [0.05, 0.1) is 6.61 Å². The molecule has 0 amide bonds. The third-order valence-electron chi connectivity index (χ3n) is 2.94. The van der Waals surface area contributed by atoms with Crippen molar-refractivity contribution in [1.82, 2.24) is 5.32 Å². The largest absolute Gasteiger partial charge is 0.487 e. The van der Waals surface area contributed by atoms with E-state index in [1.54, 1.807) is 0 Å². The van der Waals surface area contributed by atoms with E-state index < -0.39 is 47.1 Å². The molecule has 0 aromatic heterocycles. The Bertz CT molecular complexity index is 498. The number of ether oxygens (including phenoxy) is 1. The number of likely N-dealkylation sites (N-methyl/N-ethyl adjacent to an activating group) is 1. The summed E-state index contributed by atoms with van der Waals surface area (Å²) >= 11 is 0.